The zero-order valence-electron chi connectivity index (χ0n) is 17.0. The van der Waals surface area contributed by atoms with Gasteiger partial charge in [0.1, 0.15) is 17.2 Å². The van der Waals surface area contributed by atoms with Gasteiger partial charge in [0.15, 0.2) is 11.1 Å². The summed E-state index contributed by atoms with van der Waals surface area (Å²) in [5, 5.41) is 10.4. The second-order valence-corrected chi connectivity index (χ2v) is 7.74. The minimum atomic E-state index is -2.19. The van der Waals surface area contributed by atoms with Gasteiger partial charge in [-0.2, -0.15) is 0 Å². The summed E-state index contributed by atoms with van der Waals surface area (Å²) in [7, 11) is 0. The second-order valence-electron chi connectivity index (χ2n) is 6.15. The quantitative estimate of drug-likeness (QED) is 0.177. The van der Waals surface area contributed by atoms with E-state index < -0.39 is 11.1 Å². The molecule has 0 aliphatic heterocycles. The highest BCUT2D eigenvalue weighted by molar-refractivity contribution is 7.93. The smallest absolute Gasteiger partial charge is 0.187 e. The molecule has 168 valence electrons. The lowest BCUT2D eigenvalue weighted by atomic mass is 10.1. The Hall–Kier alpha value is -2.86. The minimum absolute atomic E-state index is 0.135. The van der Waals surface area contributed by atoms with Crippen molar-refractivity contribution in [2.75, 3.05) is 30.4 Å². The van der Waals surface area contributed by atoms with E-state index in [0.29, 0.717) is 69.5 Å². The number of nitrogen functional groups attached to an aromatic ring is 3. The van der Waals surface area contributed by atoms with Crippen molar-refractivity contribution in [3.8, 4) is 17.2 Å². The fraction of sp³-hybridized carbons (Fsp3) is 0.200. The number of ether oxygens (including phenoxy) is 2. The summed E-state index contributed by atoms with van der Waals surface area (Å²) in [6.45, 7) is 4.92. The maximum atomic E-state index is 11.2. The van der Waals surface area contributed by atoms with E-state index in [2.05, 4.69) is 0 Å². The molecular weight excluding hydrogens is 442 g/mol. The van der Waals surface area contributed by atoms with Crippen molar-refractivity contribution in [2.45, 2.75) is 23.6 Å². The van der Waals surface area contributed by atoms with E-state index in [1.165, 1.54) is 24.3 Å². The average Bonchev–Trinajstić information content (AvgIpc) is 2.72. The van der Waals surface area contributed by atoms with Gasteiger partial charge < -0.3 is 40.9 Å². The first-order chi connectivity index (χ1) is 14.7. The summed E-state index contributed by atoms with van der Waals surface area (Å²) in [4.78, 5) is 0.507. The number of phenols is 1. The molecule has 0 saturated carbocycles. The molecule has 0 saturated heterocycles. The number of nitrogens with two attached hydrogens (primary N) is 3. The molecule has 0 spiro atoms. The van der Waals surface area contributed by atoms with Gasteiger partial charge in [-0.15, -0.1) is 0 Å². The van der Waals surface area contributed by atoms with Crippen LogP contribution >= 0.6 is 12.0 Å². The Morgan fingerprint density at radius 3 is 1.94 bits per heavy atom. The predicted molar refractivity (Wildman–Crippen MR) is 125 cm³/mol. The predicted octanol–water partition coefficient (Wildman–Crippen LogP) is 3.92. The zero-order chi connectivity index (χ0) is 23.1. The van der Waals surface area contributed by atoms with E-state index in [-0.39, 0.29) is 10.6 Å². The Labute approximate surface area is 186 Å². The summed E-state index contributed by atoms with van der Waals surface area (Å²) in [6, 6.07) is 9.08. The first-order valence-electron chi connectivity index (χ1n) is 9.15. The average molecular weight is 468 g/mol. The van der Waals surface area contributed by atoms with Gasteiger partial charge in [0.2, 0.25) is 0 Å². The Morgan fingerprint density at radius 2 is 1.48 bits per heavy atom. The third-order valence-electron chi connectivity index (χ3n) is 4.09. The molecule has 0 aliphatic carbocycles. The van der Waals surface area contributed by atoms with E-state index in [1.54, 1.807) is 12.1 Å². The molecule has 1 unspecified atom stereocenters. The molecule has 0 fully saturated rings. The summed E-state index contributed by atoms with van der Waals surface area (Å²) in [5.41, 5.74) is 18.6. The first-order valence-corrected chi connectivity index (χ1v) is 11.0. The fourth-order valence-electron chi connectivity index (χ4n) is 2.79. The first kappa shape index (κ1) is 24.4. The maximum Gasteiger partial charge on any atom is 0.187 e. The zero-order valence-corrected chi connectivity index (χ0v) is 18.6. The Bertz CT molecular complexity index is 1060. The van der Waals surface area contributed by atoms with Crippen LogP contribution in [-0.2, 0) is 11.1 Å². The van der Waals surface area contributed by atoms with Crippen LogP contribution in [0.4, 0.5) is 17.1 Å². The van der Waals surface area contributed by atoms with Crippen molar-refractivity contribution < 1.29 is 27.9 Å². The maximum absolute atomic E-state index is 11.2. The number of anilines is 3. The van der Waals surface area contributed by atoms with Crippen molar-refractivity contribution in [1.82, 2.24) is 0 Å². The van der Waals surface area contributed by atoms with Gasteiger partial charge in [-0.25, -0.2) is 4.21 Å². The van der Waals surface area contributed by atoms with Crippen LogP contribution in [0.1, 0.15) is 13.8 Å². The van der Waals surface area contributed by atoms with E-state index >= 15 is 0 Å². The molecule has 31 heavy (non-hydrogen) atoms. The molecule has 3 aromatic carbocycles. The lowest BCUT2D eigenvalue weighted by Crippen LogP contribution is -2.02. The third-order valence-corrected chi connectivity index (χ3v) is 5.27. The third kappa shape index (κ3) is 5.85. The molecule has 0 aromatic heterocycles. The highest BCUT2D eigenvalue weighted by Gasteiger charge is 2.13. The van der Waals surface area contributed by atoms with Crippen LogP contribution in [0, 0.1) is 0 Å². The summed E-state index contributed by atoms with van der Waals surface area (Å²) in [5.74, 6) is 1.07. The Kier molecular flexibility index (Phi) is 8.63. The van der Waals surface area contributed by atoms with Crippen LogP contribution < -0.4 is 26.7 Å². The van der Waals surface area contributed by atoms with Gasteiger partial charge in [0.25, 0.3) is 0 Å². The standard InChI is InChI=1S/C10H16N2O2.C10H9NO4S2/c1-3-13-9-5-8(12)10(14-4-2)6-7(9)11;11-7-1-2-9(17(14)15)6-3-5(16-13)4-8(12)10(6)7/h5-6H,3-4,11-12H2,1-2H3;1-4,12-13H,11H2,(H,14,15). The molecule has 9 nitrogen and oxygen atoms in total. The van der Waals surface area contributed by atoms with Crippen LogP contribution in [0.25, 0.3) is 10.8 Å². The van der Waals surface area contributed by atoms with Crippen molar-refractivity contribution in [1.29, 1.82) is 0 Å². The molecule has 3 rings (SSSR count). The van der Waals surface area contributed by atoms with Gasteiger partial charge in [-0.3, -0.25) is 0 Å². The van der Waals surface area contributed by atoms with Crippen molar-refractivity contribution in [2.24, 2.45) is 0 Å². The van der Waals surface area contributed by atoms with Crippen LogP contribution in [0.2, 0.25) is 0 Å². The molecule has 0 heterocycles. The molecule has 11 heteroatoms. The number of benzene rings is 3. The van der Waals surface area contributed by atoms with E-state index in [0.717, 1.165) is 0 Å². The Morgan fingerprint density at radius 1 is 0.935 bits per heavy atom. The number of fused-ring (bicyclic) bond motifs is 1. The minimum Gasteiger partial charge on any atom is -0.507 e. The SMILES string of the molecule is CCOc1cc(N)c(OCC)cc1N.Nc1ccc(S(=O)O)c2cc(SO)cc(O)c12. The van der Waals surface area contributed by atoms with Gasteiger partial charge >= 0.3 is 0 Å². The number of rotatable bonds is 6. The van der Waals surface area contributed by atoms with E-state index in [9.17, 15) is 9.32 Å². The summed E-state index contributed by atoms with van der Waals surface area (Å²) >= 11 is -1.75. The highest BCUT2D eigenvalue weighted by atomic mass is 32.2. The van der Waals surface area contributed by atoms with Crippen LogP contribution in [0.5, 0.6) is 17.2 Å². The fourth-order valence-corrected chi connectivity index (χ4v) is 3.66. The molecule has 0 amide bonds. The number of hydrogen-bond acceptors (Lipinski definition) is 9. The molecular formula is C20H25N3O6S2. The molecule has 9 N–H and O–H groups in total. The van der Waals surface area contributed by atoms with Crippen LogP contribution in [0.3, 0.4) is 0 Å². The number of aromatic hydroxyl groups is 1. The van der Waals surface area contributed by atoms with Crippen molar-refractivity contribution in [3.05, 3.63) is 36.4 Å². The van der Waals surface area contributed by atoms with Gasteiger partial charge in [-0.05, 0) is 38.1 Å². The lowest BCUT2D eigenvalue weighted by Gasteiger charge is -2.11. The van der Waals surface area contributed by atoms with Crippen molar-refractivity contribution in [3.63, 3.8) is 0 Å². The van der Waals surface area contributed by atoms with Gasteiger partial charge in [-0.1, -0.05) is 0 Å². The molecule has 0 aliphatic rings. The van der Waals surface area contributed by atoms with Gasteiger partial charge in [0, 0.05) is 45.5 Å². The second kappa shape index (κ2) is 11.0. The van der Waals surface area contributed by atoms with E-state index in [1.807, 2.05) is 13.8 Å². The Balaban J connectivity index is 0.000000225. The highest BCUT2D eigenvalue weighted by Crippen LogP contribution is 2.37. The monoisotopic (exact) mass is 467 g/mol. The summed E-state index contributed by atoms with van der Waals surface area (Å²) in [6.07, 6.45) is 0. The number of hydrogen-bond donors (Lipinski definition) is 6. The van der Waals surface area contributed by atoms with E-state index in [4.69, 9.17) is 35.8 Å². The number of phenolic OH excluding ortho intramolecular Hbond substituents is 1. The normalized spacial score (nSPS) is 11.5. The molecule has 0 bridgehead atoms. The van der Waals surface area contributed by atoms with Crippen LogP contribution in [-0.4, -0.2) is 31.6 Å². The van der Waals surface area contributed by atoms with Gasteiger partial charge in [0.05, 0.1) is 29.5 Å². The lowest BCUT2D eigenvalue weighted by molar-refractivity contribution is 0.333. The summed E-state index contributed by atoms with van der Waals surface area (Å²) < 4.78 is 39.8. The largest absolute Gasteiger partial charge is 0.507 e. The molecule has 3 aromatic rings. The topological polar surface area (TPSA) is 174 Å². The van der Waals surface area contributed by atoms with Crippen LogP contribution in [0.15, 0.2) is 46.2 Å². The molecule has 1 atom stereocenters. The van der Waals surface area contributed by atoms with Crippen molar-refractivity contribution >= 4 is 51.0 Å². The molecule has 0 radical (unpaired) electrons.